The van der Waals surface area contributed by atoms with Crippen LogP contribution in [-0.4, -0.2) is 26.1 Å². The monoisotopic (exact) mass is 302 g/mol. The minimum Gasteiger partial charge on any atom is -0.368 e. The highest BCUT2D eigenvalue weighted by Crippen LogP contribution is 2.16. The number of anilines is 2. The Labute approximate surface area is 127 Å². The lowest BCUT2D eigenvalue weighted by Crippen LogP contribution is -2.13. The van der Waals surface area contributed by atoms with Crippen molar-refractivity contribution >= 4 is 34.4 Å². The highest BCUT2D eigenvalue weighted by atomic mass is 35.5. The molecule has 2 heterocycles. The smallest absolute Gasteiger partial charge is 0.223 e. The quantitative estimate of drug-likeness (QED) is 0.724. The molecule has 21 heavy (non-hydrogen) atoms. The number of aromatic nitrogens is 4. The molecule has 0 aliphatic carbocycles. The molecule has 2 aromatic heterocycles. The molecule has 0 aliphatic rings. The zero-order valence-electron chi connectivity index (χ0n) is 11.5. The van der Waals surface area contributed by atoms with Gasteiger partial charge in [-0.15, -0.1) is 0 Å². The molecule has 0 bridgehead atoms. The van der Waals surface area contributed by atoms with Crippen LogP contribution < -0.4 is 11.1 Å². The van der Waals surface area contributed by atoms with Crippen LogP contribution in [0.2, 0.25) is 5.15 Å². The van der Waals surface area contributed by atoms with E-state index >= 15 is 0 Å². The fraction of sp³-hybridized carbons (Fsp3) is 0.214. The van der Waals surface area contributed by atoms with Gasteiger partial charge in [0.1, 0.15) is 16.8 Å². The van der Waals surface area contributed by atoms with E-state index in [4.69, 9.17) is 17.3 Å². The molecule has 108 valence electrons. The van der Waals surface area contributed by atoms with Gasteiger partial charge in [-0.2, -0.15) is 4.98 Å². The first-order valence-electron chi connectivity index (χ1n) is 6.59. The summed E-state index contributed by atoms with van der Waals surface area (Å²) in [5.41, 5.74) is 7.69. The maximum atomic E-state index is 5.85. The second-order valence-electron chi connectivity index (χ2n) is 4.66. The molecule has 0 amide bonds. The number of nitrogen functional groups attached to an aromatic ring is 1. The second-order valence-corrected chi connectivity index (χ2v) is 5.05. The number of nitrogens with two attached hydrogens (primary N) is 1. The summed E-state index contributed by atoms with van der Waals surface area (Å²) in [5, 5.41) is 3.52. The summed E-state index contributed by atoms with van der Waals surface area (Å²) in [6.07, 6.45) is 0. The molecule has 3 aromatic rings. The number of imidazole rings is 1. The van der Waals surface area contributed by atoms with Crippen molar-refractivity contribution in [3.63, 3.8) is 0 Å². The molecule has 3 rings (SSSR count). The van der Waals surface area contributed by atoms with Gasteiger partial charge in [0.05, 0.1) is 11.0 Å². The van der Waals surface area contributed by atoms with Crippen molar-refractivity contribution in [1.82, 2.24) is 19.5 Å². The molecular formula is C14H15ClN6. The van der Waals surface area contributed by atoms with Crippen LogP contribution >= 0.6 is 11.6 Å². The third-order valence-electron chi connectivity index (χ3n) is 3.20. The van der Waals surface area contributed by atoms with E-state index in [2.05, 4.69) is 30.9 Å². The Bertz CT molecular complexity index is 762. The minimum absolute atomic E-state index is 0.161. The molecule has 0 spiro atoms. The van der Waals surface area contributed by atoms with Gasteiger partial charge < -0.3 is 15.6 Å². The SMILES string of the molecule is Cc1nc2ccccc2n1CCNc1cc(Cl)nc(N)n1. The van der Waals surface area contributed by atoms with E-state index in [1.165, 1.54) is 0 Å². The minimum atomic E-state index is 0.161. The molecule has 0 radical (unpaired) electrons. The molecule has 0 saturated heterocycles. The van der Waals surface area contributed by atoms with E-state index in [0.29, 0.717) is 17.5 Å². The van der Waals surface area contributed by atoms with Crippen molar-refractivity contribution in [3.05, 3.63) is 41.3 Å². The third kappa shape index (κ3) is 2.90. The summed E-state index contributed by atoms with van der Waals surface area (Å²) in [6.45, 7) is 3.46. The van der Waals surface area contributed by atoms with Gasteiger partial charge >= 0.3 is 0 Å². The molecule has 0 atom stereocenters. The summed E-state index contributed by atoms with van der Waals surface area (Å²) < 4.78 is 2.16. The lowest BCUT2D eigenvalue weighted by atomic mass is 10.3. The highest BCUT2D eigenvalue weighted by Gasteiger charge is 2.06. The van der Waals surface area contributed by atoms with E-state index in [9.17, 15) is 0 Å². The van der Waals surface area contributed by atoms with Crippen LogP contribution in [0.5, 0.6) is 0 Å². The van der Waals surface area contributed by atoms with Crippen LogP contribution in [0.1, 0.15) is 5.82 Å². The number of fused-ring (bicyclic) bond motifs is 1. The van der Waals surface area contributed by atoms with Crippen molar-refractivity contribution in [1.29, 1.82) is 0 Å². The first kappa shape index (κ1) is 13.6. The van der Waals surface area contributed by atoms with Crippen molar-refractivity contribution in [2.75, 3.05) is 17.6 Å². The number of aryl methyl sites for hydroxylation is 1. The molecular weight excluding hydrogens is 288 g/mol. The summed E-state index contributed by atoms with van der Waals surface area (Å²) >= 11 is 5.85. The number of rotatable bonds is 4. The number of halogens is 1. The van der Waals surface area contributed by atoms with Gasteiger partial charge in [0.25, 0.3) is 0 Å². The van der Waals surface area contributed by atoms with E-state index in [1.807, 2.05) is 25.1 Å². The Balaban J connectivity index is 1.73. The highest BCUT2D eigenvalue weighted by molar-refractivity contribution is 6.29. The number of hydrogen-bond acceptors (Lipinski definition) is 5. The first-order valence-corrected chi connectivity index (χ1v) is 6.97. The van der Waals surface area contributed by atoms with Gasteiger partial charge in [0.15, 0.2) is 0 Å². The molecule has 6 nitrogen and oxygen atoms in total. The number of hydrogen-bond donors (Lipinski definition) is 2. The average Bonchev–Trinajstić information content (AvgIpc) is 2.74. The Hall–Kier alpha value is -2.34. The van der Waals surface area contributed by atoms with Crippen LogP contribution in [0.3, 0.4) is 0 Å². The Morgan fingerprint density at radius 1 is 1.24 bits per heavy atom. The summed E-state index contributed by atoms with van der Waals surface area (Å²) in [6, 6.07) is 9.73. The molecule has 1 aromatic carbocycles. The topological polar surface area (TPSA) is 81.7 Å². The van der Waals surface area contributed by atoms with E-state index in [0.717, 1.165) is 23.4 Å². The first-order chi connectivity index (χ1) is 10.1. The van der Waals surface area contributed by atoms with Crippen LogP contribution in [0.15, 0.2) is 30.3 Å². The van der Waals surface area contributed by atoms with Crippen LogP contribution in [0.4, 0.5) is 11.8 Å². The predicted octanol–water partition coefficient (Wildman–Crippen LogP) is 2.48. The van der Waals surface area contributed by atoms with E-state index < -0.39 is 0 Å². The summed E-state index contributed by atoms with van der Waals surface area (Å²) in [5.74, 6) is 1.77. The summed E-state index contributed by atoms with van der Waals surface area (Å²) in [7, 11) is 0. The molecule has 0 fully saturated rings. The van der Waals surface area contributed by atoms with Gasteiger partial charge in [-0.1, -0.05) is 23.7 Å². The third-order valence-corrected chi connectivity index (χ3v) is 3.39. The van der Waals surface area contributed by atoms with Crippen LogP contribution in [-0.2, 0) is 6.54 Å². The maximum absolute atomic E-state index is 5.85. The number of nitrogens with zero attached hydrogens (tertiary/aromatic N) is 4. The van der Waals surface area contributed by atoms with Crippen LogP contribution in [0, 0.1) is 6.92 Å². The lowest BCUT2D eigenvalue weighted by molar-refractivity contribution is 0.720. The van der Waals surface area contributed by atoms with E-state index in [-0.39, 0.29) is 5.95 Å². The number of benzene rings is 1. The van der Waals surface area contributed by atoms with Gasteiger partial charge in [-0.25, -0.2) is 9.97 Å². The molecule has 0 saturated carbocycles. The van der Waals surface area contributed by atoms with Gasteiger partial charge in [0, 0.05) is 19.2 Å². The normalized spacial score (nSPS) is 11.0. The van der Waals surface area contributed by atoms with Crippen molar-refractivity contribution in [2.24, 2.45) is 0 Å². The molecule has 7 heteroatoms. The van der Waals surface area contributed by atoms with Gasteiger partial charge in [0.2, 0.25) is 5.95 Å². The van der Waals surface area contributed by atoms with Crippen LogP contribution in [0.25, 0.3) is 11.0 Å². The van der Waals surface area contributed by atoms with Crippen molar-refractivity contribution < 1.29 is 0 Å². The predicted molar refractivity (Wildman–Crippen MR) is 84.4 cm³/mol. The zero-order valence-corrected chi connectivity index (χ0v) is 12.3. The maximum Gasteiger partial charge on any atom is 0.223 e. The second kappa shape index (κ2) is 5.57. The zero-order chi connectivity index (χ0) is 14.8. The van der Waals surface area contributed by atoms with Crippen molar-refractivity contribution in [3.8, 4) is 0 Å². The fourth-order valence-electron chi connectivity index (χ4n) is 2.30. The molecule has 3 N–H and O–H groups in total. The number of para-hydroxylation sites is 2. The fourth-order valence-corrected chi connectivity index (χ4v) is 2.49. The summed E-state index contributed by atoms with van der Waals surface area (Å²) in [4.78, 5) is 12.4. The van der Waals surface area contributed by atoms with Gasteiger partial charge in [-0.3, -0.25) is 0 Å². The molecule has 0 aliphatic heterocycles. The lowest BCUT2D eigenvalue weighted by Gasteiger charge is -2.09. The Morgan fingerprint density at radius 2 is 2.05 bits per heavy atom. The Morgan fingerprint density at radius 3 is 2.86 bits per heavy atom. The van der Waals surface area contributed by atoms with Gasteiger partial charge in [-0.05, 0) is 19.1 Å². The molecule has 0 unspecified atom stereocenters. The number of nitrogens with one attached hydrogen (secondary N) is 1. The largest absolute Gasteiger partial charge is 0.368 e. The average molecular weight is 303 g/mol. The van der Waals surface area contributed by atoms with Crippen molar-refractivity contribution in [2.45, 2.75) is 13.5 Å². The van der Waals surface area contributed by atoms with E-state index in [1.54, 1.807) is 6.07 Å². The standard InChI is InChI=1S/C14H15ClN6/c1-9-18-10-4-2-3-5-11(10)21(9)7-6-17-13-8-12(15)19-14(16)20-13/h2-5,8H,6-7H2,1H3,(H3,16,17,19,20). The Kier molecular flexibility index (Phi) is 3.62.